The van der Waals surface area contributed by atoms with Crippen LogP contribution in [0.25, 0.3) is 0 Å². The van der Waals surface area contributed by atoms with Crippen molar-refractivity contribution in [3.05, 3.63) is 33.8 Å². The summed E-state index contributed by atoms with van der Waals surface area (Å²) in [5, 5.41) is 1.49. The van der Waals surface area contributed by atoms with E-state index in [2.05, 4.69) is 32.6 Å². The van der Waals surface area contributed by atoms with Crippen LogP contribution in [0.1, 0.15) is 38.7 Å². The number of halogens is 2. The van der Waals surface area contributed by atoms with Crippen molar-refractivity contribution >= 4 is 23.2 Å². The fourth-order valence-corrected chi connectivity index (χ4v) is 1.99. The van der Waals surface area contributed by atoms with Crippen molar-refractivity contribution in [1.29, 1.82) is 0 Å². The molecule has 0 fully saturated rings. The van der Waals surface area contributed by atoms with Crippen LogP contribution < -0.4 is 0 Å². The molecule has 0 amide bonds. The molecule has 0 aliphatic rings. The molecule has 1 aromatic rings. The van der Waals surface area contributed by atoms with Gasteiger partial charge in [0.05, 0.1) is 0 Å². The molecular formula is C14H16Cl2. The minimum Gasteiger partial charge on any atom is -0.103 e. The van der Waals surface area contributed by atoms with E-state index in [0.717, 1.165) is 22.0 Å². The van der Waals surface area contributed by atoms with Gasteiger partial charge in [-0.2, -0.15) is 0 Å². The van der Waals surface area contributed by atoms with Gasteiger partial charge in [0, 0.05) is 22.4 Å². The fraction of sp³-hybridized carbons (Fsp3) is 0.429. The van der Waals surface area contributed by atoms with Crippen molar-refractivity contribution in [2.45, 2.75) is 33.1 Å². The molecule has 0 saturated heterocycles. The maximum absolute atomic E-state index is 6.16. The molecule has 0 nitrogen and oxygen atoms in total. The predicted octanol–water partition coefficient (Wildman–Crippen LogP) is 5.15. The predicted molar refractivity (Wildman–Crippen MR) is 72.1 cm³/mol. The van der Waals surface area contributed by atoms with Gasteiger partial charge in [0.2, 0.25) is 0 Å². The second kappa shape index (κ2) is 6.18. The Hall–Kier alpha value is -0.640. The molecule has 0 aliphatic carbocycles. The molecule has 0 N–H and O–H groups in total. The van der Waals surface area contributed by atoms with Gasteiger partial charge in [-0.15, -0.1) is 5.92 Å². The zero-order valence-electron chi connectivity index (χ0n) is 9.85. The molecule has 0 saturated carbocycles. The summed E-state index contributed by atoms with van der Waals surface area (Å²) in [6.45, 7) is 6.30. The van der Waals surface area contributed by atoms with E-state index >= 15 is 0 Å². The maximum atomic E-state index is 6.16. The highest BCUT2D eigenvalue weighted by Crippen LogP contribution is 2.31. The molecule has 2 unspecified atom stereocenters. The molecule has 1 rings (SSSR count). The summed E-state index contributed by atoms with van der Waals surface area (Å²) in [6, 6.07) is 5.58. The van der Waals surface area contributed by atoms with Crippen LogP contribution in [0.15, 0.2) is 18.2 Å². The summed E-state index contributed by atoms with van der Waals surface area (Å²) in [7, 11) is 0. The van der Waals surface area contributed by atoms with Crippen molar-refractivity contribution in [3.8, 4) is 11.8 Å². The highest BCUT2D eigenvalue weighted by Gasteiger charge is 2.15. The number of hydrogen-bond acceptors (Lipinski definition) is 0. The summed E-state index contributed by atoms with van der Waals surface area (Å²) < 4.78 is 0. The summed E-state index contributed by atoms with van der Waals surface area (Å²) in [5.74, 6) is 6.92. The van der Waals surface area contributed by atoms with E-state index in [0.29, 0.717) is 5.92 Å². The molecule has 2 heteroatoms. The van der Waals surface area contributed by atoms with Gasteiger partial charge < -0.3 is 0 Å². The molecule has 2 atom stereocenters. The summed E-state index contributed by atoms with van der Waals surface area (Å²) >= 11 is 12.1. The monoisotopic (exact) mass is 254 g/mol. The molecule has 0 spiro atoms. The zero-order valence-corrected chi connectivity index (χ0v) is 11.4. The summed E-state index contributed by atoms with van der Waals surface area (Å²) in [5.41, 5.74) is 1.08. The smallest absolute Gasteiger partial charge is 0.0442 e. The van der Waals surface area contributed by atoms with Gasteiger partial charge in [-0.05, 0) is 29.7 Å². The van der Waals surface area contributed by atoms with Crippen LogP contribution in [0.4, 0.5) is 0 Å². The molecular weight excluding hydrogens is 239 g/mol. The second-order valence-corrected chi connectivity index (χ2v) is 4.76. The normalized spacial score (nSPS) is 13.8. The first-order chi connectivity index (χ1) is 7.56. The quantitative estimate of drug-likeness (QED) is 0.641. The van der Waals surface area contributed by atoms with Crippen LogP contribution in [-0.4, -0.2) is 0 Å². The minimum atomic E-state index is 0.288. The lowest BCUT2D eigenvalue weighted by atomic mass is 9.89. The maximum Gasteiger partial charge on any atom is 0.0442 e. The SMILES string of the molecule is CCC#CC(C)C(C)c1cc(Cl)ccc1Cl. The molecule has 0 radical (unpaired) electrons. The van der Waals surface area contributed by atoms with Crippen molar-refractivity contribution in [1.82, 2.24) is 0 Å². The van der Waals surface area contributed by atoms with Gasteiger partial charge in [0.25, 0.3) is 0 Å². The molecule has 0 heterocycles. The van der Waals surface area contributed by atoms with Gasteiger partial charge in [-0.1, -0.05) is 49.9 Å². The van der Waals surface area contributed by atoms with Crippen molar-refractivity contribution in [2.75, 3.05) is 0 Å². The molecule has 16 heavy (non-hydrogen) atoms. The average Bonchev–Trinajstić information content (AvgIpc) is 2.28. The first-order valence-electron chi connectivity index (χ1n) is 5.49. The standard InChI is InChI=1S/C14H16Cl2/c1-4-5-6-10(2)11(3)13-9-12(15)7-8-14(13)16/h7-11H,4H2,1-3H3. The van der Waals surface area contributed by atoms with E-state index in [1.54, 1.807) is 0 Å². The molecule has 1 aromatic carbocycles. The summed E-state index contributed by atoms with van der Waals surface area (Å²) in [4.78, 5) is 0. The van der Waals surface area contributed by atoms with E-state index in [4.69, 9.17) is 23.2 Å². The van der Waals surface area contributed by atoms with Crippen LogP contribution >= 0.6 is 23.2 Å². The van der Waals surface area contributed by atoms with Gasteiger partial charge in [0.1, 0.15) is 0 Å². The highest BCUT2D eigenvalue weighted by atomic mass is 35.5. The van der Waals surface area contributed by atoms with Crippen LogP contribution in [0.5, 0.6) is 0 Å². The Morgan fingerprint density at radius 2 is 1.94 bits per heavy atom. The molecule has 0 bridgehead atoms. The largest absolute Gasteiger partial charge is 0.103 e. The molecule has 86 valence electrons. The van der Waals surface area contributed by atoms with Crippen molar-refractivity contribution in [3.63, 3.8) is 0 Å². The Balaban J connectivity index is 2.95. The minimum absolute atomic E-state index is 0.288. The first-order valence-corrected chi connectivity index (χ1v) is 6.25. The highest BCUT2D eigenvalue weighted by molar-refractivity contribution is 6.33. The Kier molecular flexibility index (Phi) is 5.19. The molecule has 0 aromatic heterocycles. The van der Waals surface area contributed by atoms with Crippen LogP contribution in [0.2, 0.25) is 10.0 Å². The first kappa shape index (κ1) is 13.4. The number of hydrogen-bond donors (Lipinski definition) is 0. The van der Waals surface area contributed by atoms with Crippen LogP contribution in [-0.2, 0) is 0 Å². The van der Waals surface area contributed by atoms with Gasteiger partial charge in [-0.25, -0.2) is 0 Å². The Labute approximate surface area is 108 Å². The van der Waals surface area contributed by atoms with E-state index in [9.17, 15) is 0 Å². The Morgan fingerprint density at radius 1 is 1.25 bits per heavy atom. The van der Waals surface area contributed by atoms with E-state index < -0.39 is 0 Å². The number of benzene rings is 1. The van der Waals surface area contributed by atoms with Gasteiger partial charge in [-0.3, -0.25) is 0 Å². The average molecular weight is 255 g/mol. The van der Waals surface area contributed by atoms with E-state index in [-0.39, 0.29) is 5.92 Å². The van der Waals surface area contributed by atoms with E-state index in [1.165, 1.54) is 0 Å². The number of rotatable bonds is 2. The van der Waals surface area contributed by atoms with Gasteiger partial charge in [0.15, 0.2) is 0 Å². The molecule has 0 aliphatic heterocycles. The lowest BCUT2D eigenvalue weighted by Gasteiger charge is -2.17. The van der Waals surface area contributed by atoms with Crippen molar-refractivity contribution < 1.29 is 0 Å². The Morgan fingerprint density at radius 3 is 2.56 bits per heavy atom. The topological polar surface area (TPSA) is 0 Å². The third-order valence-electron chi connectivity index (χ3n) is 2.71. The van der Waals surface area contributed by atoms with Crippen LogP contribution in [0.3, 0.4) is 0 Å². The third kappa shape index (κ3) is 3.44. The summed E-state index contributed by atoms with van der Waals surface area (Å²) in [6.07, 6.45) is 0.889. The van der Waals surface area contributed by atoms with E-state index in [1.807, 2.05) is 18.2 Å². The lowest BCUT2D eigenvalue weighted by Crippen LogP contribution is -2.04. The van der Waals surface area contributed by atoms with Gasteiger partial charge >= 0.3 is 0 Å². The lowest BCUT2D eigenvalue weighted by molar-refractivity contribution is 0.610. The fourth-order valence-electron chi connectivity index (χ4n) is 1.52. The second-order valence-electron chi connectivity index (χ2n) is 3.92. The zero-order chi connectivity index (χ0) is 12.1. The van der Waals surface area contributed by atoms with Crippen molar-refractivity contribution in [2.24, 2.45) is 5.92 Å². The Bertz CT molecular complexity index is 412. The van der Waals surface area contributed by atoms with Crippen LogP contribution in [0, 0.1) is 17.8 Å². The third-order valence-corrected chi connectivity index (χ3v) is 3.28.